The van der Waals surface area contributed by atoms with Gasteiger partial charge in [-0.25, -0.2) is 18.1 Å². The van der Waals surface area contributed by atoms with Crippen molar-refractivity contribution in [3.8, 4) is 0 Å². The molecule has 1 fully saturated rings. The highest BCUT2D eigenvalue weighted by Gasteiger charge is 2.24. The molecule has 1 saturated heterocycles. The number of fused-ring (bicyclic) bond motifs is 1. The minimum Gasteiger partial charge on any atom is -0.296 e. The summed E-state index contributed by atoms with van der Waals surface area (Å²) in [4.78, 5) is 9.22. The van der Waals surface area contributed by atoms with E-state index in [1.165, 1.54) is 16.8 Å². The molecular weight excluding hydrogens is 320 g/mol. The van der Waals surface area contributed by atoms with E-state index >= 15 is 0 Å². The number of piperidine rings is 1. The maximum Gasteiger partial charge on any atom is 0.208 e. The minimum atomic E-state index is -3.14. The number of sulfonamides is 1. The van der Waals surface area contributed by atoms with Crippen LogP contribution in [-0.4, -0.2) is 48.1 Å². The number of hydrogen-bond donors (Lipinski definition) is 1. The number of nitrogens with one attached hydrogen (secondary N) is 1. The van der Waals surface area contributed by atoms with Crippen LogP contribution in [0.1, 0.15) is 29.1 Å². The Morgan fingerprint density at radius 3 is 2.95 bits per heavy atom. The van der Waals surface area contributed by atoms with E-state index < -0.39 is 10.0 Å². The van der Waals surface area contributed by atoms with Crippen LogP contribution in [0.15, 0.2) is 6.20 Å². The lowest BCUT2D eigenvalue weighted by Gasteiger charge is -2.32. The van der Waals surface area contributed by atoms with Gasteiger partial charge in [-0.05, 0) is 33.2 Å². The van der Waals surface area contributed by atoms with Crippen LogP contribution in [0.2, 0.25) is 0 Å². The summed E-state index contributed by atoms with van der Waals surface area (Å²) < 4.78 is 27.7. The summed E-state index contributed by atoms with van der Waals surface area (Å²) >= 11 is 1.70. The van der Waals surface area contributed by atoms with Crippen LogP contribution in [0.4, 0.5) is 0 Å². The van der Waals surface area contributed by atoms with Crippen molar-refractivity contribution in [2.75, 3.05) is 19.3 Å². The number of hydrogen-bond acceptors (Lipinski definition) is 5. The van der Waals surface area contributed by atoms with Gasteiger partial charge < -0.3 is 0 Å². The van der Waals surface area contributed by atoms with Crippen molar-refractivity contribution in [1.82, 2.24) is 19.0 Å². The van der Waals surface area contributed by atoms with E-state index in [0.29, 0.717) is 0 Å². The standard InChI is InChI=1S/C14H22N4O2S2/c1-10-7-18-13(11(2)15-14(18)21-10)9-17-6-4-5-12(8-17)16-22(3,19)20/h7,12,16H,4-6,8-9H2,1-3H3/t12-/m1/s1. The van der Waals surface area contributed by atoms with Crippen molar-refractivity contribution in [3.05, 3.63) is 22.5 Å². The Bertz CT molecular complexity index is 778. The second-order valence-corrected chi connectivity index (χ2v) is 9.10. The Morgan fingerprint density at radius 2 is 2.23 bits per heavy atom. The Labute approximate surface area is 135 Å². The van der Waals surface area contributed by atoms with E-state index in [2.05, 4.69) is 32.1 Å². The third-order valence-corrected chi connectivity index (χ3v) is 5.66. The van der Waals surface area contributed by atoms with E-state index in [9.17, 15) is 8.42 Å². The number of aryl methyl sites for hydroxylation is 2. The molecule has 8 heteroatoms. The van der Waals surface area contributed by atoms with Gasteiger partial charge in [0.1, 0.15) is 0 Å². The van der Waals surface area contributed by atoms with E-state index in [0.717, 1.165) is 43.1 Å². The van der Waals surface area contributed by atoms with Crippen LogP contribution in [0.25, 0.3) is 4.96 Å². The van der Waals surface area contributed by atoms with Gasteiger partial charge in [0.2, 0.25) is 10.0 Å². The van der Waals surface area contributed by atoms with Gasteiger partial charge in [0.05, 0.1) is 17.6 Å². The highest BCUT2D eigenvalue weighted by Crippen LogP contribution is 2.23. The quantitative estimate of drug-likeness (QED) is 0.915. The highest BCUT2D eigenvalue weighted by molar-refractivity contribution is 7.88. The lowest BCUT2D eigenvalue weighted by molar-refractivity contribution is 0.192. The van der Waals surface area contributed by atoms with Gasteiger partial charge in [-0.15, -0.1) is 11.3 Å². The van der Waals surface area contributed by atoms with Crippen molar-refractivity contribution in [1.29, 1.82) is 0 Å². The molecule has 0 radical (unpaired) electrons. The van der Waals surface area contributed by atoms with Crippen molar-refractivity contribution >= 4 is 26.3 Å². The van der Waals surface area contributed by atoms with Gasteiger partial charge in [-0.2, -0.15) is 0 Å². The van der Waals surface area contributed by atoms with Crippen LogP contribution >= 0.6 is 11.3 Å². The average Bonchev–Trinajstić information content (AvgIpc) is 2.86. The molecule has 3 heterocycles. The number of thiazole rings is 1. The van der Waals surface area contributed by atoms with Gasteiger partial charge in [0, 0.05) is 30.2 Å². The predicted molar refractivity (Wildman–Crippen MR) is 88.8 cm³/mol. The molecule has 6 nitrogen and oxygen atoms in total. The topological polar surface area (TPSA) is 66.7 Å². The van der Waals surface area contributed by atoms with E-state index in [4.69, 9.17) is 0 Å². The normalized spacial score (nSPS) is 20.8. The van der Waals surface area contributed by atoms with Gasteiger partial charge in [0.25, 0.3) is 0 Å². The van der Waals surface area contributed by atoms with Crippen molar-refractivity contribution in [3.63, 3.8) is 0 Å². The molecule has 3 rings (SSSR count). The zero-order valence-corrected chi connectivity index (χ0v) is 14.8. The number of imidazole rings is 1. The van der Waals surface area contributed by atoms with Crippen LogP contribution in [0, 0.1) is 13.8 Å². The second-order valence-electron chi connectivity index (χ2n) is 6.10. The Hall–Kier alpha value is -0.960. The fourth-order valence-corrected chi connectivity index (χ4v) is 4.80. The summed E-state index contributed by atoms with van der Waals surface area (Å²) in [7, 11) is -3.14. The summed E-state index contributed by atoms with van der Waals surface area (Å²) in [5.41, 5.74) is 2.27. The van der Waals surface area contributed by atoms with E-state index in [1.54, 1.807) is 11.3 Å². The van der Waals surface area contributed by atoms with Gasteiger partial charge in [-0.1, -0.05) is 0 Å². The third-order valence-electron chi connectivity index (χ3n) is 4.00. The summed E-state index contributed by atoms with van der Waals surface area (Å²) in [5.74, 6) is 0. The first-order chi connectivity index (χ1) is 10.3. The Balaban J connectivity index is 1.75. The molecule has 122 valence electrons. The molecule has 0 unspecified atom stereocenters. The maximum absolute atomic E-state index is 11.4. The van der Waals surface area contributed by atoms with Crippen molar-refractivity contribution in [2.24, 2.45) is 0 Å². The van der Waals surface area contributed by atoms with Crippen LogP contribution in [0.5, 0.6) is 0 Å². The summed E-state index contributed by atoms with van der Waals surface area (Å²) in [5, 5.41) is 0. The molecule has 1 aliphatic heterocycles. The molecule has 22 heavy (non-hydrogen) atoms. The third kappa shape index (κ3) is 3.51. The number of nitrogens with zero attached hydrogens (tertiary/aromatic N) is 3. The molecule has 0 aliphatic carbocycles. The lowest BCUT2D eigenvalue weighted by atomic mass is 10.1. The first-order valence-corrected chi connectivity index (χ1v) is 10.2. The average molecular weight is 342 g/mol. The summed E-state index contributed by atoms with van der Waals surface area (Å²) in [6.07, 6.45) is 5.27. The fraction of sp³-hybridized carbons (Fsp3) is 0.643. The van der Waals surface area contributed by atoms with Crippen LogP contribution in [0.3, 0.4) is 0 Å². The summed E-state index contributed by atoms with van der Waals surface area (Å²) in [6.45, 7) is 6.69. The molecule has 0 bridgehead atoms. The largest absolute Gasteiger partial charge is 0.296 e. The number of aromatic nitrogens is 2. The number of likely N-dealkylation sites (tertiary alicyclic amines) is 1. The zero-order valence-electron chi connectivity index (χ0n) is 13.2. The van der Waals surface area contributed by atoms with Crippen molar-refractivity contribution < 1.29 is 8.42 Å². The lowest BCUT2D eigenvalue weighted by Crippen LogP contribution is -2.47. The predicted octanol–water partition coefficient (Wildman–Crippen LogP) is 1.53. The molecule has 0 spiro atoms. The molecular formula is C14H22N4O2S2. The molecule has 1 atom stereocenters. The molecule has 2 aromatic heterocycles. The van der Waals surface area contributed by atoms with E-state index in [1.807, 2.05) is 6.92 Å². The smallest absolute Gasteiger partial charge is 0.208 e. The Morgan fingerprint density at radius 1 is 1.45 bits per heavy atom. The van der Waals surface area contributed by atoms with E-state index in [-0.39, 0.29) is 6.04 Å². The SMILES string of the molecule is Cc1cn2c(CN3CCC[C@@H](NS(C)(=O)=O)C3)c(C)nc2s1. The second kappa shape index (κ2) is 5.92. The first kappa shape index (κ1) is 15.9. The van der Waals surface area contributed by atoms with Crippen molar-refractivity contribution in [2.45, 2.75) is 39.3 Å². The van der Waals surface area contributed by atoms with Gasteiger partial charge in [-0.3, -0.25) is 9.30 Å². The molecule has 1 N–H and O–H groups in total. The molecule has 2 aromatic rings. The highest BCUT2D eigenvalue weighted by atomic mass is 32.2. The maximum atomic E-state index is 11.4. The van der Waals surface area contributed by atoms with Crippen LogP contribution < -0.4 is 4.72 Å². The Kier molecular flexibility index (Phi) is 4.28. The molecule has 0 amide bonds. The van der Waals surface area contributed by atoms with Crippen LogP contribution in [-0.2, 0) is 16.6 Å². The van der Waals surface area contributed by atoms with Gasteiger partial charge in [0.15, 0.2) is 4.96 Å². The molecule has 0 aromatic carbocycles. The fourth-order valence-electron chi connectivity index (χ4n) is 3.11. The number of rotatable bonds is 4. The minimum absolute atomic E-state index is 0.0108. The summed E-state index contributed by atoms with van der Waals surface area (Å²) in [6, 6.07) is 0.0108. The molecule has 0 saturated carbocycles. The molecule has 1 aliphatic rings. The first-order valence-electron chi connectivity index (χ1n) is 7.45. The zero-order chi connectivity index (χ0) is 15.9. The monoisotopic (exact) mass is 342 g/mol. The van der Waals surface area contributed by atoms with Gasteiger partial charge >= 0.3 is 0 Å².